The first kappa shape index (κ1) is 15.1. The van der Waals surface area contributed by atoms with E-state index in [-0.39, 0.29) is 28.7 Å². The van der Waals surface area contributed by atoms with Gasteiger partial charge in [-0.15, -0.1) is 0 Å². The lowest BCUT2D eigenvalue weighted by molar-refractivity contribution is 0.509. The van der Waals surface area contributed by atoms with Crippen LogP contribution >= 0.6 is 0 Å². The summed E-state index contributed by atoms with van der Waals surface area (Å²) in [5.41, 5.74) is 4.37. The Balaban J connectivity index is 2.28. The smallest absolute Gasteiger partial charge is 0.212 e. The van der Waals surface area contributed by atoms with Gasteiger partial charge >= 0.3 is 0 Å². The molecule has 0 saturated heterocycles. The Kier molecular flexibility index (Phi) is 3.55. The number of fused-ring (bicyclic) bond motifs is 1. The van der Waals surface area contributed by atoms with E-state index >= 15 is 0 Å². The Morgan fingerprint density at radius 1 is 0.957 bits per heavy atom. The molecule has 0 aliphatic carbocycles. The Labute approximate surface area is 127 Å². The number of nitrogens with zero attached hydrogens (tertiary/aromatic N) is 1. The molecule has 0 aliphatic heterocycles. The molecule has 0 unspecified atom stereocenters. The minimum atomic E-state index is -1.20. The number of hydrogen-bond donors (Lipinski definition) is 1. The Morgan fingerprint density at radius 3 is 2.22 bits per heavy atom. The molecule has 3 aromatic rings. The maximum atomic E-state index is 13.8. The molecule has 0 saturated carbocycles. The van der Waals surface area contributed by atoms with Crippen molar-refractivity contribution in [1.29, 1.82) is 0 Å². The van der Waals surface area contributed by atoms with E-state index in [1.54, 1.807) is 0 Å². The van der Waals surface area contributed by atoms with E-state index in [0.29, 0.717) is 0 Å². The van der Waals surface area contributed by atoms with Crippen LogP contribution in [0.4, 0.5) is 23.2 Å². The molecule has 0 amide bonds. The lowest BCUT2D eigenvalue weighted by Gasteiger charge is -2.13. The Hall–Kier alpha value is -2.83. The molecule has 7 heteroatoms. The molecule has 23 heavy (non-hydrogen) atoms. The second-order valence-electron chi connectivity index (χ2n) is 5.03. The van der Waals surface area contributed by atoms with Gasteiger partial charge in [0.25, 0.3) is 0 Å². The number of aromatic nitrogens is 1. The average molecular weight is 322 g/mol. The molecule has 0 aliphatic rings. The number of benzene rings is 2. The summed E-state index contributed by atoms with van der Waals surface area (Å²) in [5.74, 6) is -3.97. The summed E-state index contributed by atoms with van der Waals surface area (Å²) in [6.07, 6.45) is 1.15. The zero-order valence-corrected chi connectivity index (χ0v) is 11.6. The van der Waals surface area contributed by atoms with Crippen LogP contribution in [-0.4, -0.2) is 4.57 Å². The van der Waals surface area contributed by atoms with Crippen LogP contribution in [-0.2, 0) is 6.54 Å². The Bertz CT molecular complexity index is 962. The van der Waals surface area contributed by atoms with E-state index in [4.69, 9.17) is 5.73 Å². The van der Waals surface area contributed by atoms with Gasteiger partial charge in [0.1, 0.15) is 11.6 Å². The molecule has 118 valence electrons. The highest BCUT2D eigenvalue weighted by Crippen LogP contribution is 2.21. The average Bonchev–Trinajstić information content (AvgIpc) is 2.50. The second-order valence-corrected chi connectivity index (χ2v) is 5.03. The fraction of sp³-hybridized carbons (Fsp3) is 0.0625. The quantitative estimate of drug-likeness (QED) is 0.737. The van der Waals surface area contributed by atoms with E-state index in [9.17, 15) is 22.4 Å². The van der Waals surface area contributed by atoms with Crippen molar-refractivity contribution in [1.82, 2.24) is 4.57 Å². The van der Waals surface area contributed by atoms with Crippen molar-refractivity contribution in [3.63, 3.8) is 0 Å². The molecular weight excluding hydrogens is 312 g/mol. The number of rotatable bonds is 2. The van der Waals surface area contributed by atoms with Gasteiger partial charge in [-0.3, -0.25) is 4.79 Å². The fourth-order valence-electron chi connectivity index (χ4n) is 2.39. The van der Waals surface area contributed by atoms with Crippen LogP contribution in [0.2, 0.25) is 0 Å². The zero-order chi connectivity index (χ0) is 16.7. The van der Waals surface area contributed by atoms with Crippen LogP contribution in [0.15, 0.2) is 41.3 Å². The molecule has 2 aromatic carbocycles. The number of hydrogen-bond acceptors (Lipinski definition) is 2. The number of halogens is 4. The molecule has 0 radical (unpaired) electrons. The van der Waals surface area contributed by atoms with Gasteiger partial charge in [0.05, 0.1) is 23.1 Å². The van der Waals surface area contributed by atoms with Crippen molar-refractivity contribution in [2.24, 2.45) is 0 Å². The zero-order valence-electron chi connectivity index (χ0n) is 11.6. The third-order valence-electron chi connectivity index (χ3n) is 3.54. The van der Waals surface area contributed by atoms with Crippen LogP contribution in [0, 0.1) is 23.3 Å². The number of pyridine rings is 1. The molecule has 0 spiro atoms. The van der Waals surface area contributed by atoms with Crippen molar-refractivity contribution in [3.8, 4) is 0 Å². The van der Waals surface area contributed by atoms with E-state index < -0.39 is 28.7 Å². The molecule has 3 rings (SSSR count). The van der Waals surface area contributed by atoms with Gasteiger partial charge in [-0.2, -0.15) is 0 Å². The highest BCUT2D eigenvalue weighted by atomic mass is 19.2. The van der Waals surface area contributed by atoms with Gasteiger partial charge in [-0.05, 0) is 18.2 Å². The SMILES string of the molecule is Nc1cn(Cc2c(F)cccc2F)c2cc(F)c(F)cc2c1=O. The normalized spacial score (nSPS) is 11.1. The topological polar surface area (TPSA) is 48.0 Å². The highest BCUT2D eigenvalue weighted by molar-refractivity contribution is 5.82. The van der Waals surface area contributed by atoms with Gasteiger partial charge in [-0.1, -0.05) is 6.07 Å². The maximum Gasteiger partial charge on any atom is 0.212 e. The molecular formula is C16H10F4N2O. The monoisotopic (exact) mass is 322 g/mol. The second kappa shape index (κ2) is 5.42. The first-order chi connectivity index (χ1) is 10.9. The van der Waals surface area contributed by atoms with Crippen molar-refractivity contribution in [3.05, 3.63) is 75.6 Å². The fourth-order valence-corrected chi connectivity index (χ4v) is 2.39. The van der Waals surface area contributed by atoms with Gasteiger partial charge in [0.2, 0.25) is 5.43 Å². The standard InChI is InChI=1S/C16H10F4N2O/c17-10-2-1-3-11(18)9(10)6-22-7-14(21)16(23)8-4-12(19)13(20)5-15(8)22/h1-5,7H,6,21H2. The van der Waals surface area contributed by atoms with Crippen LogP contribution in [0.5, 0.6) is 0 Å². The first-order valence-electron chi connectivity index (χ1n) is 6.59. The third-order valence-corrected chi connectivity index (χ3v) is 3.54. The first-order valence-corrected chi connectivity index (χ1v) is 6.59. The molecule has 0 fully saturated rings. The van der Waals surface area contributed by atoms with E-state index in [1.807, 2.05) is 0 Å². The van der Waals surface area contributed by atoms with Crippen LogP contribution in [0.1, 0.15) is 5.56 Å². The summed E-state index contributed by atoms with van der Waals surface area (Å²) in [6, 6.07) is 4.88. The summed E-state index contributed by atoms with van der Waals surface area (Å²) < 4.78 is 55.6. The maximum absolute atomic E-state index is 13.8. The van der Waals surface area contributed by atoms with Crippen LogP contribution < -0.4 is 11.2 Å². The molecule has 3 nitrogen and oxygen atoms in total. The summed E-state index contributed by atoms with van der Waals surface area (Å²) in [4.78, 5) is 12.0. The molecule has 1 heterocycles. The van der Waals surface area contributed by atoms with Crippen LogP contribution in [0.3, 0.4) is 0 Å². The summed E-state index contributed by atoms with van der Waals surface area (Å²) in [7, 11) is 0. The van der Waals surface area contributed by atoms with E-state index in [1.165, 1.54) is 10.6 Å². The predicted octanol–water partition coefficient (Wildman–Crippen LogP) is 3.19. The largest absolute Gasteiger partial charge is 0.394 e. The van der Waals surface area contributed by atoms with Crippen molar-refractivity contribution < 1.29 is 17.6 Å². The molecule has 0 bridgehead atoms. The number of anilines is 1. The van der Waals surface area contributed by atoms with Gasteiger partial charge in [0.15, 0.2) is 11.6 Å². The lowest BCUT2D eigenvalue weighted by atomic mass is 10.1. The van der Waals surface area contributed by atoms with Crippen molar-refractivity contribution >= 4 is 16.6 Å². The summed E-state index contributed by atoms with van der Waals surface area (Å²) in [5, 5.41) is -0.166. The van der Waals surface area contributed by atoms with Gasteiger partial charge < -0.3 is 10.3 Å². The minimum absolute atomic E-state index is 0.00856. The predicted molar refractivity (Wildman–Crippen MR) is 78.0 cm³/mol. The van der Waals surface area contributed by atoms with Crippen molar-refractivity contribution in [2.75, 3.05) is 5.73 Å². The number of nitrogens with two attached hydrogens (primary N) is 1. The third kappa shape index (κ3) is 2.54. The minimum Gasteiger partial charge on any atom is -0.394 e. The molecule has 1 aromatic heterocycles. The van der Waals surface area contributed by atoms with Gasteiger partial charge in [-0.25, -0.2) is 17.6 Å². The Morgan fingerprint density at radius 2 is 1.57 bits per heavy atom. The highest BCUT2D eigenvalue weighted by Gasteiger charge is 2.15. The van der Waals surface area contributed by atoms with Crippen molar-refractivity contribution in [2.45, 2.75) is 6.54 Å². The summed E-state index contributed by atoms with van der Waals surface area (Å²) >= 11 is 0. The number of nitrogen functional groups attached to an aromatic ring is 1. The lowest BCUT2D eigenvalue weighted by Crippen LogP contribution is -2.16. The molecule has 0 atom stereocenters. The van der Waals surface area contributed by atoms with Gasteiger partial charge in [0, 0.05) is 17.8 Å². The summed E-state index contributed by atoms with van der Waals surface area (Å²) in [6.45, 7) is -0.329. The molecule has 2 N–H and O–H groups in total. The van der Waals surface area contributed by atoms with Crippen LogP contribution in [0.25, 0.3) is 10.9 Å². The van der Waals surface area contributed by atoms with E-state index in [2.05, 4.69) is 0 Å². The van der Waals surface area contributed by atoms with E-state index in [0.717, 1.165) is 30.5 Å².